The van der Waals surface area contributed by atoms with E-state index in [1.54, 1.807) is 24.3 Å². The molecule has 0 amide bonds. The number of hydrogen-bond donors (Lipinski definition) is 1. The lowest BCUT2D eigenvalue weighted by molar-refractivity contribution is -0.142. The van der Waals surface area contributed by atoms with Crippen molar-refractivity contribution in [1.29, 1.82) is 0 Å². The molecule has 1 saturated heterocycles. The van der Waals surface area contributed by atoms with Crippen LogP contribution in [0.1, 0.15) is 18.5 Å². The molecular weight excluding hydrogens is 348 g/mol. The predicted octanol–water partition coefficient (Wildman–Crippen LogP) is 2.26. The molecule has 0 unspecified atom stereocenters. The van der Waals surface area contributed by atoms with Gasteiger partial charge < -0.3 is 5.11 Å². The molecule has 0 radical (unpaired) electrons. The van der Waals surface area contributed by atoms with Crippen LogP contribution in [0.3, 0.4) is 0 Å². The third-order valence-electron chi connectivity index (χ3n) is 4.09. The first-order chi connectivity index (χ1) is 11.3. The van der Waals surface area contributed by atoms with Crippen molar-refractivity contribution in [3.05, 3.63) is 35.3 Å². The number of hydrogen-bond acceptors (Lipinski definition) is 6. The lowest BCUT2D eigenvalue weighted by Crippen LogP contribution is -2.35. The van der Waals surface area contributed by atoms with Crippen molar-refractivity contribution in [2.45, 2.75) is 30.3 Å². The van der Waals surface area contributed by atoms with Crippen LogP contribution in [-0.4, -0.2) is 48.2 Å². The van der Waals surface area contributed by atoms with Gasteiger partial charge in [0, 0.05) is 23.7 Å². The summed E-state index contributed by atoms with van der Waals surface area (Å²) < 4.78 is 23.0. The van der Waals surface area contributed by atoms with E-state index in [1.165, 1.54) is 17.6 Å². The summed E-state index contributed by atoms with van der Waals surface area (Å²) in [6.07, 6.45) is 2.75. The fraction of sp³-hybridized carbons (Fsp3) is 0.375. The Bertz CT molecular complexity index is 843. The Balaban J connectivity index is 1.75. The number of rotatable bonds is 5. The Kier molecular flexibility index (Phi) is 4.71. The van der Waals surface area contributed by atoms with Gasteiger partial charge in [0.2, 0.25) is 0 Å². The second kappa shape index (κ2) is 6.62. The Morgan fingerprint density at radius 2 is 2.08 bits per heavy atom. The van der Waals surface area contributed by atoms with E-state index in [0.717, 1.165) is 29.2 Å². The van der Waals surface area contributed by atoms with Gasteiger partial charge in [-0.25, -0.2) is 13.4 Å². The number of benzene rings is 1. The summed E-state index contributed by atoms with van der Waals surface area (Å²) in [6, 6.07) is 6.22. The molecule has 1 aromatic carbocycles. The van der Waals surface area contributed by atoms with E-state index in [2.05, 4.69) is 4.98 Å². The van der Waals surface area contributed by atoms with Crippen molar-refractivity contribution >= 4 is 27.1 Å². The molecule has 1 atom stereocenters. The van der Waals surface area contributed by atoms with Crippen molar-refractivity contribution in [1.82, 2.24) is 9.88 Å². The highest BCUT2D eigenvalue weighted by Gasteiger charge is 2.30. The zero-order valence-electron chi connectivity index (χ0n) is 13.2. The summed E-state index contributed by atoms with van der Waals surface area (Å²) in [5, 5.41) is 12.0. The number of carbonyl (C=O) groups is 1. The molecular formula is C16H18N2O4S2. The molecule has 1 aromatic heterocycles. The van der Waals surface area contributed by atoms with Crippen molar-refractivity contribution in [3.8, 4) is 10.6 Å². The molecule has 1 N–H and O–H groups in total. The van der Waals surface area contributed by atoms with Crippen LogP contribution in [0.2, 0.25) is 0 Å². The first-order valence-electron chi connectivity index (χ1n) is 7.56. The summed E-state index contributed by atoms with van der Waals surface area (Å²) in [6.45, 7) is 1.29. The van der Waals surface area contributed by atoms with Crippen LogP contribution in [0.25, 0.3) is 10.6 Å². The highest BCUT2D eigenvalue weighted by atomic mass is 32.2. The van der Waals surface area contributed by atoms with E-state index < -0.39 is 21.8 Å². The van der Waals surface area contributed by atoms with Gasteiger partial charge in [-0.15, -0.1) is 11.3 Å². The minimum Gasteiger partial charge on any atom is -0.480 e. The third kappa shape index (κ3) is 3.66. The zero-order chi connectivity index (χ0) is 17.3. The summed E-state index contributed by atoms with van der Waals surface area (Å²) in [7, 11) is -3.21. The fourth-order valence-corrected chi connectivity index (χ4v) is 4.31. The molecule has 2 heterocycles. The second-order valence-electron chi connectivity index (χ2n) is 5.91. The van der Waals surface area contributed by atoms with Crippen LogP contribution in [-0.2, 0) is 21.2 Å². The van der Waals surface area contributed by atoms with Crippen LogP contribution in [0, 0.1) is 0 Å². The van der Waals surface area contributed by atoms with Gasteiger partial charge in [0.25, 0.3) is 0 Å². The Morgan fingerprint density at radius 1 is 1.38 bits per heavy atom. The van der Waals surface area contributed by atoms with E-state index >= 15 is 0 Å². The molecule has 0 bridgehead atoms. The molecule has 24 heavy (non-hydrogen) atoms. The van der Waals surface area contributed by atoms with Crippen LogP contribution in [0.15, 0.2) is 34.5 Å². The topological polar surface area (TPSA) is 87.6 Å². The molecule has 3 rings (SSSR count). The molecule has 8 heteroatoms. The van der Waals surface area contributed by atoms with Crippen LogP contribution < -0.4 is 0 Å². The maximum atomic E-state index is 11.5. The largest absolute Gasteiger partial charge is 0.480 e. The van der Waals surface area contributed by atoms with E-state index in [-0.39, 0.29) is 4.90 Å². The van der Waals surface area contributed by atoms with Gasteiger partial charge >= 0.3 is 5.97 Å². The van der Waals surface area contributed by atoms with Gasteiger partial charge in [0.1, 0.15) is 11.0 Å². The fourth-order valence-electron chi connectivity index (χ4n) is 2.86. The van der Waals surface area contributed by atoms with Gasteiger partial charge in [-0.3, -0.25) is 9.69 Å². The highest BCUT2D eigenvalue weighted by Crippen LogP contribution is 2.27. The van der Waals surface area contributed by atoms with Crippen molar-refractivity contribution < 1.29 is 18.3 Å². The average molecular weight is 366 g/mol. The Labute approximate surface area is 144 Å². The summed E-state index contributed by atoms with van der Waals surface area (Å²) in [5.41, 5.74) is 1.70. The van der Waals surface area contributed by atoms with Crippen LogP contribution in [0.4, 0.5) is 0 Å². The minimum atomic E-state index is -3.21. The number of carboxylic acids is 1. The monoisotopic (exact) mass is 366 g/mol. The maximum Gasteiger partial charge on any atom is 0.320 e. The zero-order valence-corrected chi connectivity index (χ0v) is 14.8. The third-order valence-corrected chi connectivity index (χ3v) is 6.16. The van der Waals surface area contributed by atoms with Gasteiger partial charge in [-0.2, -0.15) is 0 Å². The Hall–Kier alpha value is -1.77. The van der Waals surface area contributed by atoms with Crippen molar-refractivity contribution in [3.63, 3.8) is 0 Å². The molecule has 6 nitrogen and oxygen atoms in total. The van der Waals surface area contributed by atoms with Gasteiger partial charge in [0.15, 0.2) is 9.84 Å². The van der Waals surface area contributed by atoms with Crippen molar-refractivity contribution in [2.75, 3.05) is 12.8 Å². The van der Waals surface area contributed by atoms with Crippen molar-refractivity contribution in [2.24, 2.45) is 0 Å². The molecule has 2 aromatic rings. The molecule has 0 saturated carbocycles. The SMILES string of the molecule is CS(=O)(=O)c1ccc(-c2nc(CN3CCC[C@@H]3C(=O)O)cs2)cc1. The average Bonchev–Trinajstić information content (AvgIpc) is 3.16. The number of nitrogens with zero attached hydrogens (tertiary/aromatic N) is 2. The van der Waals surface area contributed by atoms with Gasteiger partial charge in [-0.1, -0.05) is 12.1 Å². The number of sulfone groups is 1. The van der Waals surface area contributed by atoms with E-state index in [1.807, 2.05) is 10.3 Å². The van der Waals surface area contributed by atoms with E-state index in [9.17, 15) is 18.3 Å². The molecule has 1 aliphatic rings. The van der Waals surface area contributed by atoms with E-state index in [0.29, 0.717) is 13.0 Å². The van der Waals surface area contributed by atoms with E-state index in [4.69, 9.17) is 0 Å². The maximum absolute atomic E-state index is 11.5. The second-order valence-corrected chi connectivity index (χ2v) is 8.78. The molecule has 1 aliphatic heterocycles. The molecule has 0 spiro atoms. The normalized spacial score (nSPS) is 18.8. The molecule has 0 aliphatic carbocycles. The summed E-state index contributed by atoms with van der Waals surface area (Å²) in [5.74, 6) is -0.778. The summed E-state index contributed by atoms with van der Waals surface area (Å²) >= 11 is 1.47. The number of likely N-dealkylation sites (tertiary alicyclic amines) is 1. The van der Waals surface area contributed by atoms with Gasteiger partial charge in [-0.05, 0) is 31.5 Å². The first-order valence-corrected chi connectivity index (χ1v) is 10.3. The minimum absolute atomic E-state index is 0.282. The predicted molar refractivity (Wildman–Crippen MR) is 91.7 cm³/mol. The first kappa shape index (κ1) is 17.1. The number of carboxylic acid groups (broad SMARTS) is 1. The quantitative estimate of drug-likeness (QED) is 0.873. The Morgan fingerprint density at radius 3 is 2.71 bits per heavy atom. The highest BCUT2D eigenvalue weighted by molar-refractivity contribution is 7.90. The number of aliphatic carboxylic acids is 1. The van der Waals surface area contributed by atoms with Gasteiger partial charge in [0.05, 0.1) is 10.6 Å². The lowest BCUT2D eigenvalue weighted by Gasteiger charge is -2.19. The number of aromatic nitrogens is 1. The molecule has 128 valence electrons. The lowest BCUT2D eigenvalue weighted by atomic mass is 10.2. The van der Waals surface area contributed by atoms with Crippen LogP contribution in [0.5, 0.6) is 0 Å². The number of thiazole rings is 1. The van der Waals surface area contributed by atoms with Crippen LogP contribution >= 0.6 is 11.3 Å². The molecule has 1 fully saturated rings. The smallest absolute Gasteiger partial charge is 0.320 e. The standard InChI is InChI=1S/C16H18N2O4S2/c1-24(21,22)13-6-4-11(5-7-13)15-17-12(10-23-15)9-18-8-2-3-14(18)16(19)20/h4-7,10,14H,2-3,8-9H2,1H3,(H,19,20)/t14-/m1/s1. The summed E-state index contributed by atoms with van der Waals surface area (Å²) in [4.78, 5) is 18.0.